The van der Waals surface area contributed by atoms with Crippen LogP contribution in [0, 0.1) is 10.1 Å². The first-order chi connectivity index (χ1) is 11.4. The molecule has 0 atom stereocenters. The fourth-order valence-corrected chi connectivity index (χ4v) is 1.74. The summed E-state index contributed by atoms with van der Waals surface area (Å²) in [5, 5.41) is 28.6. The van der Waals surface area contributed by atoms with E-state index >= 15 is 0 Å². The molecule has 0 amide bonds. The highest BCUT2D eigenvalue weighted by Gasteiger charge is 2.21. The van der Waals surface area contributed by atoms with Crippen LogP contribution in [0.4, 0.5) is 5.69 Å². The molecule has 1 aromatic carbocycles. The minimum atomic E-state index is -1.11. The number of carbonyl (C=O) groups is 1. The molecule has 0 radical (unpaired) electrons. The van der Waals surface area contributed by atoms with Gasteiger partial charge in [0.2, 0.25) is 0 Å². The Bertz CT molecular complexity index is 873. The van der Waals surface area contributed by atoms with Crippen molar-refractivity contribution in [3.05, 3.63) is 56.1 Å². The molecule has 0 aliphatic heterocycles. The summed E-state index contributed by atoms with van der Waals surface area (Å²) in [6.45, 7) is -0.488. The molecule has 3 N–H and O–H groups in total. The van der Waals surface area contributed by atoms with Gasteiger partial charge in [0.05, 0.1) is 4.92 Å². The molecule has 0 bridgehead atoms. The summed E-state index contributed by atoms with van der Waals surface area (Å²) >= 11 is 0. The standard InChI is InChI=1S/C14H11N3O7/c18-11(19)7-24-9-3-1-2-8(6-9)4-5-10-15-13(20)12(17(22)23)14(21)16-10/h1-6H,7H2,(H,18,19)(H2,15,16,20,21)/b5-4+. The van der Waals surface area contributed by atoms with Crippen LogP contribution in [0.1, 0.15) is 11.4 Å². The van der Waals surface area contributed by atoms with Crippen LogP contribution in [0.2, 0.25) is 0 Å². The number of hydrogen-bond donors (Lipinski definition) is 3. The zero-order valence-corrected chi connectivity index (χ0v) is 12.0. The molecule has 0 aliphatic rings. The van der Waals surface area contributed by atoms with E-state index in [1.807, 2.05) is 0 Å². The van der Waals surface area contributed by atoms with E-state index in [1.54, 1.807) is 24.3 Å². The van der Waals surface area contributed by atoms with Crippen molar-refractivity contribution in [1.82, 2.24) is 9.97 Å². The summed E-state index contributed by atoms with van der Waals surface area (Å²) in [5.41, 5.74) is -1.51. The van der Waals surface area contributed by atoms with Crippen LogP contribution < -0.4 is 10.3 Å². The number of aliphatic carboxylic acids is 1. The quantitative estimate of drug-likeness (QED) is 0.522. The minimum Gasteiger partial charge on any atom is -0.488 e. The third-order valence-electron chi connectivity index (χ3n) is 2.73. The number of hydrogen-bond acceptors (Lipinski definition) is 7. The monoisotopic (exact) mass is 333 g/mol. The maximum absolute atomic E-state index is 11.5. The van der Waals surface area contributed by atoms with Gasteiger partial charge in [-0.15, -0.1) is 0 Å². The number of H-pyrrole nitrogens is 1. The number of carboxylic acid groups (broad SMARTS) is 1. The lowest BCUT2D eigenvalue weighted by Gasteiger charge is -2.03. The molecule has 1 heterocycles. The molecule has 2 rings (SSSR count). The normalized spacial score (nSPS) is 10.7. The van der Waals surface area contributed by atoms with Crippen molar-refractivity contribution in [2.24, 2.45) is 0 Å². The first kappa shape index (κ1) is 16.7. The summed E-state index contributed by atoms with van der Waals surface area (Å²) in [5.74, 6) is -1.85. The number of nitrogens with zero attached hydrogens (tertiary/aromatic N) is 2. The van der Waals surface area contributed by atoms with E-state index in [0.717, 1.165) is 0 Å². The number of carboxylic acids is 1. The SMILES string of the molecule is O=C(O)COc1cccc(/C=C/c2nc(O)c([N+](=O)[O-])c(=O)[nH]2)c1. The molecule has 0 saturated carbocycles. The van der Waals surface area contributed by atoms with Gasteiger partial charge in [-0.1, -0.05) is 18.2 Å². The number of aromatic hydroxyl groups is 1. The zero-order chi connectivity index (χ0) is 17.7. The number of benzene rings is 1. The lowest BCUT2D eigenvalue weighted by Crippen LogP contribution is -2.14. The van der Waals surface area contributed by atoms with Gasteiger partial charge < -0.3 is 19.9 Å². The van der Waals surface area contributed by atoms with Crippen molar-refractivity contribution in [2.75, 3.05) is 6.61 Å². The lowest BCUT2D eigenvalue weighted by atomic mass is 10.2. The number of nitrogens with one attached hydrogen (secondary N) is 1. The fourth-order valence-electron chi connectivity index (χ4n) is 1.74. The van der Waals surface area contributed by atoms with Crippen molar-refractivity contribution in [3.8, 4) is 11.6 Å². The van der Waals surface area contributed by atoms with Gasteiger partial charge in [-0.3, -0.25) is 14.9 Å². The first-order valence-electron chi connectivity index (χ1n) is 6.47. The summed E-state index contributed by atoms with van der Waals surface area (Å²) in [4.78, 5) is 37.2. The molecule has 124 valence electrons. The second kappa shape index (κ2) is 7.05. The molecule has 1 aromatic heterocycles. The largest absolute Gasteiger partial charge is 0.488 e. The van der Waals surface area contributed by atoms with Crippen LogP contribution >= 0.6 is 0 Å². The highest BCUT2D eigenvalue weighted by molar-refractivity contribution is 5.69. The Balaban J connectivity index is 2.22. The van der Waals surface area contributed by atoms with Gasteiger partial charge in [0.25, 0.3) is 5.88 Å². The van der Waals surface area contributed by atoms with E-state index in [9.17, 15) is 24.8 Å². The Morgan fingerprint density at radius 2 is 2.17 bits per heavy atom. The number of ether oxygens (including phenoxy) is 1. The predicted octanol–water partition coefficient (Wildman–Crippen LogP) is 1.02. The molecule has 0 fully saturated rings. The van der Waals surface area contributed by atoms with Gasteiger partial charge in [-0.25, -0.2) is 4.79 Å². The Labute approximate surface area is 133 Å². The van der Waals surface area contributed by atoms with E-state index in [-0.39, 0.29) is 5.82 Å². The zero-order valence-electron chi connectivity index (χ0n) is 12.0. The molecule has 10 heteroatoms. The molecule has 0 aliphatic carbocycles. The third-order valence-corrected chi connectivity index (χ3v) is 2.73. The van der Waals surface area contributed by atoms with Gasteiger partial charge in [-0.05, 0) is 23.8 Å². The van der Waals surface area contributed by atoms with Crippen LogP contribution in [0.5, 0.6) is 11.6 Å². The van der Waals surface area contributed by atoms with Crippen LogP contribution in [0.25, 0.3) is 12.2 Å². The summed E-state index contributed by atoms with van der Waals surface area (Å²) in [7, 11) is 0. The van der Waals surface area contributed by atoms with Crippen molar-refractivity contribution < 1.29 is 24.7 Å². The lowest BCUT2D eigenvalue weighted by molar-refractivity contribution is -0.387. The first-order valence-corrected chi connectivity index (χ1v) is 6.47. The van der Waals surface area contributed by atoms with Gasteiger partial charge in [0.15, 0.2) is 6.61 Å². The average Bonchev–Trinajstić information content (AvgIpc) is 2.50. The fraction of sp³-hybridized carbons (Fsp3) is 0.0714. The Hall–Kier alpha value is -3.69. The van der Waals surface area contributed by atoms with Crippen LogP contribution in [-0.4, -0.2) is 37.7 Å². The molecule has 0 saturated heterocycles. The van der Waals surface area contributed by atoms with Crippen molar-refractivity contribution in [1.29, 1.82) is 0 Å². The van der Waals surface area contributed by atoms with E-state index in [0.29, 0.717) is 11.3 Å². The van der Waals surface area contributed by atoms with Gasteiger partial charge in [0.1, 0.15) is 11.6 Å². The maximum Gasteiger partial charge on any atom is 0.395 e. The highest BCUT2D eigenvalue weighted by atomic mass is 16.6. The Morgan fingerprint density at radius 3 is 2.79 bits per heavy atom. The molecule has 0 unspecified atom stereocenters. The Morgan fingerprint density at radius 1 is 1.42 bits per heavy atom. The number of nitro groups is 1. The molecular weight excluding hydrogens is 322 g/mol. The van der Waals surface area contributed by atoms with Gasteiger partial charge in [0, 0.05) is 0 Å². The summed E-state index contributed by atoms with van der Waals surface area (Å²) in [6, 6.07) is 6.41. The Kier molecular flexibility index (Phi) is 4.90. The minimum absolute atomic E-state index is 0.0834. The van der Waals surface area contributed by atoms with Gasteiger partial charge in [-0.2, -0.15) is 4.98 Å². The van der Waals surface area contributed by atoms with E-state index in [4.69, 9.17) is 9.84 Å². The predicted molar refractivity (Wildman–Crippen MR) is 81.7 cm³/mol. The number of aromatic nitrogens is 2. The van der Waals surface area contributed by atoms with Crippen molar-refractivity contribution in [3.63, 3.8) is 0 Å². The second-order valence-corrected chi connectivity index (χ2v) is 4.47. The average molecular weight is 333 g/mol. The van der Waals surface area contributed by atoms with Crippen LogP contribution in [0.3, 0.4) is 0 Å². The number of rotatable bonds is 6. The molecule has 2 aromatic rings. The summed E-state index contributed by atoms with van der Waals surface area (Å²) < 4.78 is 5.02. The molecule has 0 spiro atoms. The summed E-state index contributed by atoms with van der Waals surface area (Å²) in [6.07, 6.45) is 2.82. The molecule has 24 heavy (non-hydrogen) atoms. The highest BCUT2D eigenvalue weighted by Crippen LogP contribution is 2.18. The maximum atomic E-state index is 11.5. The van der Waals surface area contributed by atoms with Gasteiger partial charge >= 0.3 is 17.2 Å². The smallest absolute Gasteiger partial charge is 0.395 e. The van der Waals surface area contributed by atoms with E-state index < -0.39 is 34.6 Å². The second-order valence-electron chi connectivity index (χ2n) is 4.47. The van der Waals surface area contributed by atoms with Crippen molar-refractivity contribution in [2.45, 2.75) is 0 Å². The van der Waals surface area contributed by atoms with Crippen LogP contribution in [-0.2, 0) is 4.79 Å². The van der Waals surface area contributed by atoms with E-state index in [2.05, 4.69) is 9.97 Å². The van der Waals surface area contributed by atoms with Crippen LogP contribution in [0.15, 0.2) is 29.1 Å². The molecular formula is C14H11N3O7. The van der Waals surface area contributed by atoms with E-state index in [1.165, 1.54) is 12.2 Å². The topological polar surface area (TPSA) is 156 Å². The number of aromatic amines is 1. The molecule has 10 nitrogen and oxygen atoms in total. The van der Waals surface area contributed by atoms with Crippen molar-refractivity contribution >= 4 is 23.8 Å². The third kappa shape index (κ3) is 4.16.